The quantitative estimate of drug-likeness (QED) is 0.730. The molecule has 0 heterocycles. The van der Waals surface area contributed by atoms with Gasteiger partial charge in [-0.3, -0.25) is 9.10 Å². The second-order valence-corrected chi connectivity index (χ2v) is 8.61. The van der Waals surface area contributed by atoms with Crippen molar-refractivity contribution in [1.82, 2.24) is 0 Å². The number of sulfonamides is 1. The van der Waals surface area contributed by atoms with Crippen LogP contribution in [0.15, 0.2) is 36.4 Å². The maximum atomic E-state index is 12.3. The monoisotopic (exact) mass is 440 g/mol. The number of amides is 1. The van der Waals surface area contributed by atoms with E-state index in [0.29, 0.717) is 0 Å². The van der Waals surface area contributed by atoms with Crippen LogP contribution in [0, 0.1) is 0 Å². The second kappa shape index (κ2) is 8.01. The molecule has 1 amide bonds. The van der Waals surface area contributed by atoms with Crippen LogP contribution in [-0.2, 0) is 14.8 Å². The number of anilines is 2. The maximum absolute atomic E-state index is 12.3. The number of hydrogen-bond acceptors (Lipinski definition) is 3. The number of halogens is 4. The number of nitrogens with one attached hydrogen (secondary N) is 1. The molecule has 5 nitrogen and oxygen atoms in total. The van der Waals surface area contributed by atoms with Crippen LogP contribution in [0.2, 0.25) is 20.1 Å². The fraction of sp³-hybridized carbons (Fsp3) is 0.133. The van der Waals surface area contributed by atoms with Gasteiger partial charge in [0.05, 0.1) is 27.7 Å². The minimum atomic E-state index is -3.76. The summed E-state index contributed by atoms with van der Waals surface area (Å²) in [5.74, 6) is -0.606. The van der Waals surface area contributed by atoms with Crippen LogP contribution in [0.25, 0.3) is 0 Å². The van der Waals surface area contributed by atoms with Crippen LogP contribution in [0.4, 0.5) is 11.4 Å². The molecule has 2 aromatic carbocycles. The number of carbonyl (C=O) groups is 1. The number of nitrogens with zero attached hydrogens (tertiary/aromatic N) is 1. The SMILES string of the molecule is CS(=O)(=O)N(CC(=O)Nc1cccc(Cl)c1Cl)c1cc(Cl)cc(Cl)c1. The van der Waals surface area contributed by atoms with E-state index in [0.717, 1.165) is 10.6 Å². The third-order valence-corrected chi connectivity index (χ3v) is 5.44. The third-order valence-electron chi connectivity index (χ3n) is 3.05. The Balaban J connectivity index is 2.28. The molecule has 1 N–H and O–H groups in total. The predicted octanol–water partition coefficient (Wildman–Crippen LogP) is 4.70. The average Bonchev–Trinajstić information content (AvgIpc) is 2.47. The van der Waals surface area contributed by atoms with Gasteiger partial charge in [-0.05, 0) is 30.3 Å². The van der Waals surface area contributed by atoms with Crippen molar-refractivity contribution in [1.29, 1.82) is 0 Å². The van der Waals surface area contributed by atoms with E-state index in [1.54, 1.807) is 18.2 Å². The highest BCUT2D eigenvalue weighted by molar-refractivity contribution is 7.92. The number of rotatable bonds is 5. The molecule has 0 aliphatic rings. The highest BCUT2D eigenvalue weighted by atomic mass is 35.5. The summed E-state index contributed by atoms with van der Waals surface area (Å²) in [5, 5.41) is 3.44. The molecular formula is C15H12Cl4N2O3S. The van der Waals surface area contributed by atoms with Gasteiger partial charge in [0.1, 0.15) is 6.54 Å². The molecule has 0 aliphatic carbocycles. The summed E-state index contributed by atoms with van der Waals surface area (Å²) in [6.45, 7) is -0.488. The Hall–Kier alpha value is -1.18. The molecule has 0 radical (unpaired) electrons. The molecule has 134 valence electrons. The largest absolute Gasteiger partial charge is 0.323 e. The molecule has 0 aromatic heterocycles. The first kappa shape index (κ1) is 20.1. The molecule has 0 unspecified atom stereocenters. The van der Waals surface area contributed by atoms with E-state index >= 15 is 0 Å². The van der Waals surface area contributed by atoms with Gasteiger partial charge < -0.3 is 5.32 Å². The predicted molar refractivity (Wildman–Crippen MR) is 104 cm³/mol. The second-order valence-electron chi connectivity index (χ2n) is 5.05. The molecule has 0 atom stereocenters. The number of carbonyl (C=O) groups excluding carboxylic acids is 1. The highest BCUT2D eigenvalue weighted by Gasteiger charge is 2.22. The number of hydrogen-bond donors (Lipinski definition) is 1. The molecule has 25 heavy (non-hydrogen) atoms. The Morgan fingerprint density at radius 2 is 1.68 bits per heavy atom. The van der Waals surface area contributed by atoms with Crippen LogP contribution in [0.1, 0.15) is 0 Å². The lowest BCUT2D eigenvalue weighted by Crippen LogP contribution is -2.37. The lowest BCUT2D eigenvalue weighted by molar-refractivity contribution is -0.114. The standard InChI is InChI=1S/C15H12Cl4N2O3S/c1-25(23,24)21(11-6-9(16)5-10(17)7-11)8-14(22)20-13-4-2-3-12(18)15(13)19/h2-7H,8H2,1H3,(H,20,22). The summed E-state index contributed by atoms with van der Waals surface area (Å²) < 4.78 is 25.0. The smallest absolute Gasteiger partial charge is 0.245 e. The zero-order valence-corrected chi connectivity index (χ0v) is 16.6. The molecule has 0 spiro atoms. The molecular weight excluding hydrogens is 430 g/mol. The lowest BCUT2D eigenvalue weighted by Gasteiger charge is -2.22. The highest BCUT2D eigenvalue weighted by Crippen LogP contribution is 2.30. The van der Waals surface area contributed by atoms with E-state index in [1.165, 1.54) is 18.2 Å². The van der Waals surface area contributed by atoms with Crippen LogP contribution in [-0.4, -0.2) is 27.1 Å². The van der Waals surface area contributed by atoms with Gasteiger partial charge in [-0.2, -0.15) is 0 Å². The van der Waals surface area contributed by atoms with Crippen LogP contribution < -0.4 is 9.62 Å². The minimum absolute atomic E-state index is 0.161. The van der Waals surface area contributed by atoms with Crippen molar-refractivity contribution in [3.8, 4) is 0 Å². The van der Waals surface area contributed by atoms with Gasteiger partial charge in [0.15, 0.2) is 0 Å². The summed E-state index contributed by atoms with van der Waals surface area (Å²) in [6, 6.07) is 8.97. The molecule has 2 aromatic rings. The molecule has 10 heteroatoms. The van der Waals surface area contributed by atoms with Crippen molar-refractivity contribution < 1.29 is 13.2 Å². The van der Waals surface area contributed by atoms with Crippen molar-refractivity contribution in [2.24, 2.45) is 0 Å². The Kier molecular flexibility index (Phi) is 6.45. The van der Waals surface area contributed by atoms with Crippen molar-refractivity contribution in [2.45, 2.75) is 0 Å². The Bertz CT molecular complexity index is 899. The summed E-state index contributed by atoms with van der Waals surface area (Å²) in [7, 11) is -3.76. The molecule has 0 bridgehead atoms. The normalized spacial score (nSPS) is 11.2. The van der Waals surface area contributed by atoms with Crippen LogP contribution >= 0.6 is 46.4 Å². The Morgan fingerprint density at radius 1 is 1.08 bits per heavy atom. The molecule has 2 rings (SSSR count). The van der Waals surface area contributed by atoms with E-state index < -0.39 is 22.5 Å². The summed E-state index contributed by atoms with van der Waals surface area (Å²) >= 11 is 23.7. The van der Waals surface area contributed by atoms with Gasteiger partial charge in [0.25, 0.3) is 0 Å². The fourth-order valence-corrected chi connectivity index (χ4v) is 3.71. The molecule has 0 saturated heterocycles. The summed E-state index contributed by atoms with van der Waals surface area (Å²) in [4.78, 5) is 12.3. The average molecular weight is 442 g/mol. The first-order valence-corrected chi connectivity index (χ1v) is 10.1. The van der Waals surface area contributed by atoms with Gasteiger partial charge in [0, 0.05) is 10.0 Å². The van der Waals surface area contributed by atoms with Crippen LogP contribution in [0.3, 0.4) is 0 Å². The topological polar surface area (TPSA) is 66.5 Å². The minimum Gasteiger partial charge on any atom is -0.323 e. The van der Waals surface area contributed by atoms with Crippen molar-refractivity contribution in [2.75, 3.05) is 22.4 Å². The fourth-order valence-electron chi connectivity index (χ4n) is 2.00. The van der Waals surface area contributed by atoms with Crippen molar-refractivity contribution in [3.05, 3.63) is 56.5 Å². The van der Waals surface area contributed by atoms with Gasteiger partial charge in [-0.1, -0.05) is 52.5 Å². The first-order chi connectivity index (χ1) is 11.6. The van der Waals surface area contributed by atoms with Crippen LogP contribution in [0.5, 0.6) is 0 Å². The van der Waals surface area contributed by atoms with Crippen molar-refractivity contribution >= 4 is 73.7 Å². The van der Waals surface area contributed by atoms with E-state index in [1.807, 2.05) is 0 Å². The Labute approximate surface area is 165 Å². The van der Waals surface area contributed by atoms with E-state index in [-0.39, 0.29) is 31.5 Å². The van der Waals surface area contributed by atoms with E-state index in [2.05, 4.69) is 5.32 Å². The van der Waals surface area contributed by atoms with Gasteiger partial charge >= 0.3 is 0 Å². The molecule has 0 fully saturated rings. The zero-order chi connectivity index (χ0) is 18.8. The Morgan fingerprint density at radius 3 is 2.24 bits per heavy atom. The molecule has 0 aliphatic heterocycles. The summed E-state index contributed by atoms with van der Waals surface area (Å²) in [5.41, 5.74) is 0.448. The van der Waals surface area contributed by atoms with Gasteiger partial charge in [-0.25, -0.2) is 8.42 Å². The van der Waals surface area contributed by atoms with Crippen molar-refractivity contribution in [3.63, 3.8) is 0 Å². The maximum Gasteiger partial charge on any atom is 0.245 e. The van der Waals surface area contributed by atoms with Gasteiger partial charge in [0.2, 0.25) is 15.9 Å². The van der Waals surface area contributed by atoms with E-state index in [9.17, 15) is 13.2 Å². The third kappa shape index (κ3) is 5.39. The van der Waals surface area contributed by atoms with Gasteiger partial charge in [-0.15, -0.1) is 0 Å². The zero-order valence-electron chi connectivity index (χ0n) is 12.8. The number of benzene rings is 2. The first-order valence-electron chi connectivity index (χ1n) is 6.75. The summed E-state index contributed by atoms with van der Waals surface area (Å²) in [6.07, 6.45) is 0.974. The lowest BCUT2D eigenvalue weighted by atomic mass is 10.3. The van der Waals surface area contributed by atoms with E-state index in [4.69, 9.17) is 46.4 Å². The molecule has 0 saturated carbocycles.